The van der Waals surface area contributed by atoms with E-state index in [0.29, 0.717) is 5.33 Å². The van der Waals surface area contributed by atoms with Crippen LogP contribution in [0.25, 0.3) is 0 Å². The Kier molecular flexibility index (Phi) is 5.88. The molecule has 0 aromatic heterocycles. The zero-order valence-corrected chi connectivity index (χ0v) is 14.3. The van der Waals surface area contributed by atoms with E-state index in [1.165, 1.54) is 6.07 Å². The van der Waals surface area contributed by atoms with Gasteiger partial charge in [0, 0.05) is 5.33 Å². The highest BCUT2D eigenvalue weighted by Crippen LogP contribution is 2.34. The van der Waals surface area contributed by atoms with Crippen molar-refractivity contribution in [3.8, 4) is 5.75 Å². The molecule has 0 aliphatic carbocycles. The maximum absolute atomic E-state index is 13.0. The van der Waals surface area contributed by atoms with Crippen LogP contribution in [0.5, 0.6) is 5.75 Å². The molecule has 0 fully saturated rings. The van der Waals surface area contributed by atoms with Crippen LogP contribution in [0.3, 0.4) is 0 Å². The van der Waals surface area contributed by atoms with Crippen molar-refractivity contribution in [2.24, 2.45) is 0 Å². The third-order valence-corrected chi connectivity index (χ3v) is 3.90. The fraction of sp³-hybridized carbons (Fsp3) is 0.235. The minimum absolute atomic E-state index is 0.160. The number of carbonyl (C=O) groups is 1. The summed E-state index contributed by atoms with van der Waals surface area (Å²) in [6.07, 6.45) is -4.65. The van der Waals surface area contributed by atoms with Crippen molar-refractivity contribution in [2.75, 3.05) is 7.11 Å². The molecule has 2 rings (SSSR count). The number of hydrogen-bond donors (Lipinski definition) is 0. The maximum Gasteiger partial charge on any atom is 0.417 e. The first-order chi connectivity index (χ1) is 11.3. The number of rotatable bonds is 5. The lowest BCUT2D eigenvalue weighted by Gasteiger charge is -2.14. The van der Waals surface area contributed by atoms with Crippen molar-refractivity contribution < 1.29 is 27.4 Å². The zero-order chi connectivity index (χ0) is 17.7. The minimum atomic E-state index is -4.65. The first kappa shape index (κ1) is 18.3. The van der Waals surface area contributed by atoms with Crippen molar-refractivity contribution in [2.45, 2.75) is 18.1 Å². The Bertz CT molecular complexity index is 729. The van der Waals surface area contributed by atoms with E-state index in [4.69, 9.17) is 4.74 Å². The van der Waals surface area contributed by atoms with Gasteiger partial charge in [-0.25, -0.2) is 4.79 Å². The third kappa shape index (κ3) is 4.50. The molecular weight excluding hydrogens is 389 g/mol. The van der Waals surface area contributed by atoms with E-state index in [1.54, 1.807) is 0 Å². The van der Waals surface area contributed by atoms with Gasteiger partial charge >= 0.3 is 12.1 Å². The summed E-state index contributed by atoms with van der Waals surface area (Å²) in [5.41, 5.74) is 0.296. The van der Waals surface area contributed by atoms with Crippen molar-refractivity contribution in [1.29, 1.82) is 0 Å². The molecule has 0 bridgehead atoms. The molecular formula is C17H14BrF3O3. The Labute approximate surface area is 145 Å². The van der Waals surface area contributed by atoms with Crippen LogP contribution in [-0.2, 0) is 22.9 Å². The summed E-state index contributed by atoms with van der Waals surface area (Å²) in [6.45, 7) is 0.173. The second-order valence-corrected chi connectivity index (χ2v) is 5.50. The van der Waals surface area contributed by atoms with Crippen molar-refractivity contribution >= 4 is 21.9 Å². The summed E-state index contributed by atoms with van der Waals surface area (Å²) in [7, 11) is 1.03. The standard InChI is InChI=1S/C17H14BrF3O3/c1-23-16(22)14-8-13(5-6-15(14)17(19,20)21)24-10-12-4-2-3-11(7-12)9-18/h2-8H,9-10H2,1H3. The van der Waals surface area contributed by atoms with Gasteiger partial charge in [-0.15, -0.1) is 0 Å². The molecule has 0 aliphatic rings. The van der Waals surface area contributed by atoms with Gasteiger partial charge in [0.15, 0.2) is 0 Å². The van der Waals surface area contributed by atoms with Crippen LogP contribution in [-0.4, -0.2) is 13.1 Å². The second kappa shape index (κ2) is 7.70. The quantitative estimate of drug-likeness (QED) is 0.523. The van der Waals surface area contributed by atoms with Crippen molar-refractivity contribution in [3.05, 3.63) is 64.7 Å². The summed E-state index contributed by atoms with van der Waals surface area (Å²) in [5.74, 6) is -0.901. The predicted octanol–water partition coefficient (Wildman–Crippen LogP) is 4.97. The Balaban J connectivity index is 2.23. The number of methoxy groups -OCH3 is 1. The number of hydrogen-bond acceptors (Lipinski definition) is 3. The molecule has 0 aliphatic heterocycles. The molecule has 7 heteroatoms. The van der Waals surface area contributed by atoms with Crippen LogP contribution in [0.15, 0.2) is 42.5 Å². The second-order valence-electron chi connectivity index (χ2n) is 4.94. The molecule has 0 spiro atoms. The molecule has 2 aromatic carbocycles. The average molecular weight is 403 g/mol. The van der Waals surface area contributed by atoms with Gasteiger partial charge in [-0.2, -0.15) is 13.2 Å². The molecule has 24 heavy (non-hydrogen) atoms. The normalized spacial score (nSPS) is 11.2. The number of esters is 1. The lowest BCUT2D eigenvalue weighted by Crippen LogP contribution is -2.14. The van der Waals surface area contributed by atoms with Gasteiger partial charge in [0.2, 0.25) is 0 Å². The first-order valence-electron chi connectivity index (χ1n) is 6.91. The van der Waals surface area contributed by atoms with Crippen LogP contribution in [0.1, 0.15) is 27.0 Å². The highest BCUT2D eigenvalue weighted by Gasteiger charge is 2.35. The molecule has 2 aromatic rings. The fourth-order valence-corrected chi connectivity index (χ4v) is 2.46. The smallest absolute Gasteiger partial charge is 0.417 e. The number of benzene rings is 2. The highest BCUT2D eigenvalue weighted by molar-refractivity contribution is 9.08. The van der Waals surface area contributed by atoms with E-state index in [2.05, 4.69) is 20.7 Å². The Morgan fingerprint density at radius 3 is 2.46 bits per heavy atom. The Morgan fingerprint density at radius 2 is 1.83 bits per heavy atom. The van der Waals surface area contributed by atoms with Crippen molar-refractivity contribution in [1.82, 2.24) is 0 Å². The fourth-order valence-electron chi connectivity index (χ4n) is 2.11. The summed E-state index contributed by atoms with van der Waals surface area (Å²) < 4.78 is 48.8. The molecule has 0 unspecified atom stereocenters. The molecule has 0 amide bonds. The number of alkyl halides is 4. The summed E-state index contributed by atoms with van der Waals surface area (Å²) >= 11 is 3.35. The SMILES string of the molecule is COC(=O)c1cc(OCc2cccc(CBr)c2)ccc1C(F)(F)F. The molecule has 0 N–H and O–H groups in total. The lowest BCUT2D eigenvalue weighted by molar-refractivity contribution is -0.138. The van der Waals surface area contributed by atoms with Gasteiger partial charge in [-0.3, -0.25) is 0 Å². The topological polar surface area (TPSA) is 35.5 Å². The van der Waals surface area contributed by atoms with Gasteiger partial charge in [0.25, 0.3) is 0 Å². The number of halogens is 4. The molecule has 0 heterocycles. The van der Waals surface area contributed by atoms with Crippen LogP contribution in [0, 0.1) is 0 Å². The summed E-state index contributed by atoms with van der Waals surface area (Å²) in [4.78, 5) is 11.6. The van der Waals surface area contributed by atoms with Crippen LogP contribution in [0.4, 0.5) is 13.2 Å². The lowest BCUT2D eigenvalue weighted by atomic mass is 10.1. The van der Waals surface area contributed by atoms with Crippen LogP contribution in [0.2, 0.25) is 0 Å². The molecule has 0 saturated heterocycles. The van der Waals surface area contributed by atoms with Gasteiger partial charge in [-0.1, -0.05) is 40.2 Å². The number of ether oxygens (including phenoxy) is 2. The zero-order valence-electron chi connectivity index (χ0n) is 12.7. The van der Waals surface area contributed by atoms with E-state index >= 15 is 0 Å². The molecule has 0 radical (unpaired) electrons. The summed E-state index contributed by atoms with van der Waals surface area (Å²) in [6, 6.07) is 10.6. The van der Waals surface area contributed by atoms with E-state index in [9.17, 15) is 18.0 Å². The highest BCUT2D eigenvalue weighted by atomic mass is 79.9. The van der Waals surface area contributed by atoms with Crippen LogP contribution < -0.4 is 4.74 Å². The van der Waals surface area contributed by atoms with E-state index in [0.717, 1.165) is 30.4 Å². The molecule has 3 nitrogen and oxygen atoms in total. The Morgan fingerprint density at radius 1 is 1.12 bits per heavy atom. The molecule has 0 saturated carbocycles. The van der Waals surface area contributed by atoms with E-state index in [1.807, 2.05) is 24.3 Å². The largest absolute Gasteiger partial charge is 0.489 e. The first-order valence-corrected chi connectivity index (χ1v) is 8.03. The summed E-state index contributed by atoms with van der Waals surface area (Å²) in [5, 5.41) is 0.688. The minimum Gasteiger partial charge on any atom is -0.489 e. The average Bonchev–Trinajstić information content (AvgIpc) is 2.58. The maximum atomic E-state index is 13.0. The molecule has 128 valence electrons. The Hall–Kier alpha value is -2.02. The van der Waals surface area contributed by atoms with E-state index < -0.39 is 23.3 Å². The third-order valence-electron chi connectivity index (χ3n) is 3.25. The number of carbonyl (C=O) groups excluding carboxylic acids is 1. The van der Waals surface area contributed by atoms with Gasteiger partial charge < -0.3 is 9.47 Å². The van der Waals surface area contributed by atoms with E-state index in [-0.39, 0.29) is 12.4 Å². The van der Waals surface area contributed by atoms with Gasteiger partial charge in [0.05, 0.1) is 18.2 Å². The van der Waals surface area contributed by atoms with Gasteiger partial charge in [0.1, 0.15) is 12.4 Å². The molecule has 0 atom stereocenters. The predicted molar refractivity (Wildman–Crippen MR) is 86.2 cm³/mol. The van der Waals surface area contributed by atoms with Gasteiger partial charge in [-0.05, 0) is 29.3 Å². The monoisotopic (exact) mass is 402 g/mol. The van der Waals surface area contributed by atoms with Crippen LogP contribution >= 0.6 is 15.9 Å². The van der Waals surface area contributed by atoms with Crippen molar-refractivity contribution in [3.63, 3.8) is 0 Å².